The van der Waals surface area contributed by atoms with Crippen molar-refractivity contribution in [3.8, 4) is 5.69 Å². The number of halogens is 3. The molecule has 0 aliphatic rings. The molecule has 1 aromatic carbocycles. The average Bonchev–Trinajstić information content (AvgIpc) is 2.85. The van der Waals surface area contributed by atoms with E-state index in [1.165, 1.54) is 22.9 Å². The quantitative estimate of drug-likeness (QED) is 0.940. The molecule has 0 saturated carbocycles. The van der Waals surface area contributed by atoms with Gasteiger partial charge in [0.1, 0.15) is 5.82 Å². The van der Waals surface area contributed by atoms with Gasteiger partial charge in [0.05, 0.1) is 11.3 Å². The number of hydrogen-bond donors (Lipinski definition) is 1. The smallest absolute Gasteiger partial charge is 0.328 e. The highest BCUT2D eigenvalue weighted by atomic mass is 19.4. The van der Waals surface area contributed by atoms with Crippen LogP contribution in [-0.2, 0) is 19.0 Å². The maximum absolute atomic E-state index is 13.3. The topological polar surface area (TPSA) is 43.8 Å². The fourth-order valence-electron chi connectivity index (χ4n) is 2.33. The monoisotopic (exact) mass is 297 g/mol. The second-order valence-electron chi connectivity index (χ2n) is 5.10. The summed E-state index contributed by atoms with van der Waals surface area (Å²) in [5.74, 6) is 0.598. The largest absolute Gasteiger partial charge is 0.418 e. The van der Waals surface area contributed by atoms with E-state index in [0.29, 0.717) is 24.2 Å². The van der Waals surface area contributed by atoms with Crippen LogP contribution in [-0.4, -0.2) is 15.6 Å². The van der Waals surface area contributed by atoms with E-state index in [0.717, 1.165) is 0 Å². The Balaban J connectivity index is 2.55. The van der Waals surface area contributed by atoms with Crippen molar-refractivity contribution in [3.63, 3.8) is 0 Å². The van der Waals surface area contributed by atoms with E-state index in [2.05, 4.69) is 4.98 Å². The molecule has 1 atom stereocenters. The normalized spacial score (nSPS) is 13.4. The van der Waals surface area contributed by atoms with Crippen LogP contribution < -0.4 is 5.73 Å². The maximum Gasteiger partial charge on any atom is 0.418 e. The van der Waals surface area contributed by atoms with Gasteiger partial charge in [0, 0.05) is 24.9 Å². The number of alkyl halides is 3. The van der Waals surface area contributed by atoms with E-state index in [1.807, 2.05) is 6.92 Å². The standard InChI is InChI=1S/C15H18F3N3/c1-3-14-20-6-7-21(14)13-5-4-11(8-10(2)19)9-12(13)15(16,17)18/h4-7,9-10H,3,8,19H2,1-2H3. The minimum absolute atomic E-state index is 0.102. The number of nitrogens with two attached hydrogens (primary N) is 1. The van der Waals surface area contributed by atoms with Gasteiger partial charge < -0.3 is 10.3 Å². The summed E-state index contributed by atoms with van der Waals surface area (Å²) in [5.41, 5.74) is 5.69. The number of hydrogen-bond acceptors (Lipinski definition) is 2. The molecule has 1 unspecified atom stereocenters. The molecule has 2 rings (SSSR count). The average molecular weight is 297 g/mol. The first kappa shape index (κ1) is 15.6. The Morgan fingerprint density at radius 2 is 2.05 bits per heavy atom. The van der Waals surface area contributed by atoms with E-state index in [4.69, 9.17) is 5.73 Å². The molecule has 0 aliphatic carbocycles. The Morgan fingerprint density at radius 1 is 1.33 bits per heavy atom. The van der Waals surface area contributed by atoms with Gasteiger partial charge in [-0.15, -0.1) is 0 Å². The first-order valence-corrected chi connectivity index (χ1v) is 6.81. The molecule has 1 aromatic heterocycles. The van der Waals surface area contributed by atoms with Gasteiger partial charge in [0.15, 0.2) is 0 Å². The predicted molar refractivity (Wildman–Crippen MR) is 75.3 cm³/mol. The molecule has 0 radical (unpaired) electrons. The number of rotatable bonds is 4. The van der Waals surface area contributed by atoms with E-state index in [1.54, 1.807) is 19.2 Å². The Morgan fingerprint density at radius 3 is 2.62 bits per heavy atom. The van der Waals surface area contributed by atoms with Crippen molar-refractivity contribution in [3.05, 3.63) is 47.5 Å². The minimum atomic E-state index is -4.42. The second-order valence-corrected chi connectivity index (χ2v) is 5.10. The van der Waals surface area contributed by atoms with Gasteiger partial charge in [-0.2, -0.15) is 13.2 Å². The Kier molecular flexibility index (Phi) is 4.37. The lowest BCUT2D eigenvalue weighted by Crippen LogP contribution is -2.19. The molecule has 0 amide bonds. The Hall–Kier alpha value is -1.82. The van der Waals surface area contributed by atoms with Gasteiger partial charge in [0.25, 0.3) is 0 Å². The third kappa shape index (κ3) is 3.44. The summed E-state index contributed by atoms with van der Waals surface area (Å²) < 4.78 is 41.5. The minimum Gasteiger partial charge on any atom is -0.328 e. The van der Waals surface area contributed by atoms with Gasteiger partial charge in [0.2, 0.25) is 0 Å². The second kappa shape index (κ2) is 5.89. The fraction of sp³-hybridized carbons (Fsp3) is 0.400. The number of imidazole rings is 1. The number of benzene rings is 1. The van der Waals surface area contributed by atoms with Gasteiger partial charge in [-0.3, -0.25) is 0 Å². The molecule has 0 bridgehead atoms. The van der Waals surface area contributed by atoms with Crippen LogP contribution in [0.4, 0.5) is 13.2 Å². The molecule has 3 nitrogen and oxygen atoms in total. The van der Waals surface area contributed by atoms with Crippen LogP contribution in [0.2, 0.25) is 0 Å². The predicted octanol–water partition coefficient (Wildman–Crippen LogP) is 3.34. The molecule has 0 spiro atoms. The lowest BCUT2D eigenvalue weighted by Gasteiger charge is -2.17. The SMILES string of the molecule is CCc1nccn1-c1ccc(CC(C)N)cc1C(F)(F)F. The van der Waals surface area contributed by atoms with Crippen LogP contribution in [0.1, 0.15) is 30.8 Å². The molecule has 2 aromatic rings. The van der Waals surface area contributed by atoms with Crippen molar-refractivity contribution in [2.24, 2.45) is 5.73 Å². The molecule has 6 heteroatoms. The zero-order chi connectivity index (χ0) is 15.6. The molecular weight excluding hydrogens is 279 g/mol. The zero-order valence-corrected chi connectivity index (χ0v) is 12.0. The lowest BCUT2D eigenvalue weighted by molar-refractivity contribution is -0.137. The molecule has 0 fully saturated rings. The van der Waals surface area contributed by atoms with Crippen molar-refractivity contribution in [1.82, 2.24) is 9.55 Å². The maximum atomic E-state index is 13.3. The molecule has 0 aliphatic heterocycles. The summed E-state index contributed by atoms with van der Waals surface area (Å²) >= 11 is 0. The highest BCUT2D eigenvalue weighted by Gasteiger charge is 2.34. The van der Waals surface area contributed by atoms with Gasteiger partial charge in [-0.25, -0.2) is 4.98 Å². The molecule has 2 N–H and O–H groups in total. The van der Waals surface area contributed by atoms with E-state index < -0.39 is 11.7 Å². The number of aromatic nitrogens is 2. The third-order valence-electron chi connectivity index (χ3n) is 3.22. The summed E-state index contributed by atoms with van der Waals surface area (Å²) in [6.07, 6.45) is -0.387. The molecule has 114 valence electrons. The molecule has 0 saturated heterocycles. The highest BCUT2D eigenvalue weighted by molar-refractivity contribution is 5.46. The molecular formula is C15H18F3N3. The van der Waals surface area contributed by atoms with Crippen LogP contribution in [0.5, 0.6) is 0 Å². The first-order valence-electron chi connectivity index (χ1n) is 6.81. The lowest BCUT2D eigenvalue weighted by atomic mass is 10.0. The Labute approximate surface area is 121 Å². The van der Waals surface area contributed by atoms with Crippen LogP contribution in [0, 0.1) is 0 Å². The van der Waals surface area contributed by atoms with Gasteiger partial charge in [-0.05, 0) is 31.0 Å². The third-order valence-corrected chi connectivity index (χ3v) is 3.22. The van der Waals surface area contributed by atoms with E-state index >= 15 is 0 Å². The van der Waals surface area contributed by atoms with E-state index in [9.17, 15) is 13.2 Å². The van der Waals surface area contributed by atoms with Crippen LogP contribution >= 0.6 is 0 Å². The van der Waals surface area contributed by atoms with Crippen molar-refractivity contribution >= 4 is 0 Å². The highest BCUT2D eigenvalue weighted by Crippen LogP contribution is 2.35. The van der Waals surface area contributed by atoms with Gasteiger partial charge in [-0.1, -0.05) is 13.0 Å². The summed E-state index contributed by atoms with van der Waals surface area (Å²) in [5, 5.41) is 0. The summed E-state index contributed by atoms with van der Waals surface area (Å²) in [4.78, 5) is 4.08. The van der Waals surface area contributed by atoms with E-state index in [-0.39, 0.29) is 11.7 Å². The first-order chi connectivity index (χ1) is 9.82. The molecule has 21 heavy (non-hydrogen) atoms. The van der Waals surface area contributed by atoms with Crippen LogP contribution in [0.15, 0.2) is 30.6 Å². The number of nitrogens with zero attached hydrogens (tertiary/aromatic N) is 2. The summed E-state index contributed by atoms with van der Waals surface area (Å²) in [6.45, 7) is 3.63. The summed E-state index contributed by atoms with van der Waals surface area (Å²) in [6, 6.07) is 4.17. The summed E-state index contributed by atoms with van der Waals surface area (Å²) in [7, 11) is 0. The van der Waals surface area contributed by atoms with Gasteiger partial charge >= 0.3 is 6.18 Å². The van der Waals surface area contributed by atoms with Crippen molar-refractivity contribution in [2.75, 3.05) is 0 Å². The van der Waals surface area contributed by atoms with Crippen LogP contribution in [0.25, 0.3) is 5.69 Å². The van der Waals surface area contributed by atoms with Crippen molar-refractivity contribution < 1.29 is 13.2 Å². The zero-order valence-electron chi connectivity index (χ0n) is 12.0. The Bertz CT molecular complexity index is 615. The number of aryl methyl sites for hydroxylation is 1. The molecule has 1 heterocycles. The van der Waals surface area contributed by atoms with Crippen molar-refractivity contribution in [1.29, 1.82) is 0 Å². The van der Waals surface area contributed by atoms with Crippen LogP contribution in [0.3, 0.4) is 0 Å². The fourth-order valence-corrected chi connectivity index (χ4v) is 2.33. The van der Waals surface area contributed by atoms with Crippen molar-refractivity contribution in [2.45, 2.75) is 38.9 Å².